The van der Waals surface area contributed by atoms with Crippen LogP contribution in [0.3, 0.4) is 0 Å². The van der Waals surface area contributed by atoms with E-state index in [4.69, 9.17) is 0 Å². The summed E-state index contributed by atoms with van der Waals surface area (Å²) in [5, 5.41) is 4.09. The van der Waals surface area contributed by atoms with E-state index in [1.165, 1.54) is 12.1 Å². The molecule has 0 unspecified atom stereocenters. The third-order valence-corrected chi connectivity index (χ3v) is 6.04. The van der Waals surface area contributed by atoms with Crippen molar-refractivity contribution >= 4 is 17.1 Å². The van der Waals surface area contributed by atoms with Crippen molar-refractivity contribution in [2.24, 2.45) is 7.05 Å². The lowest BCUT2D eigenvalue weighted by Crippen LogP contribution is -2.43. The maximum Gasteiger partial charge on any atom is 0.330 e. The van der Waals surface area contributed by atoms with E-state index in [1.807, 2.05) is 6.07 Å². The Morgan fingerprint density at radius 2 is 2.06 bits per heavy atom. The minimum atomic E-state index is -0.339. The topological polar surface area (TPSA) is 78.0 Å². The van der Waals surface area contributed by atoms with E-state index in [9.17, 15) is 14.0 Å². The standard InChI is InChI=1S/C23H23FN6O2/c1-27-20(9-11-26-27)22(31)28-12-4-7-18(15-28)30-21-19(8-3-10-25-21)29(23(30)32)14-16-5-2-6-17(24)13-16/h2-3,5-6,8-11,13,18H,4,7,12,14-15H2,1H3/t18-/m0/s1. The van der Waals surface area contributed by atoms with Crippen LogP contribution < -0.4 is 5.69 Å². The minimum Gasteiger partial charge on any atom is -0.335 e. The molecule has 1 amide bonds. The predicted octanol–water partition coefficient (Wildman–Crippen LogP) is 2.60. The number of pyridine rings is 1. The molecule has 32 heavy (non-hydrogen) atoms. The molecule has 0 aliphatic carbocycles. The first kappa shape index (κ1) is 20.2. The normalized spacial score (nSPS) is 16.6. The molecule has 164 valence electrons. The van der Waals surface area contributed by atoms with Gasteiger partial charge >= 0.3 is 5.69 Å². The molecule has 0 bridgehead atoms. The van der Waals surface area contributed by atoms with Gasteiger partial charge in [-0.15, -0.1) is 0 Å². The number of rotatable bonds is 4. The van der Waals surface area contributed by atoms with Crippen LogP contribution in [-0.2, 0) is 13.6 Å². The molecule has 1 aliphatic rings. The zero-order valence-electron chi connectivity index (χ0n) is 17.7. The maximum atomic E-state index is 13.7. The molecule has 0 N–H and O–H groups in total. The number of hydrogen-bond donors (Lipinski definition) is 0. The van der Waals surface area contributed by atoms with Crippen LogP contribution in [0.15, 0.2) is 59.7 Å². The number of piperidine rings is 1. The summed E-state index contributed by atoms with van der Waals surface area (Å²) >= 11 is 0. The number of hydrogen-bond acceptors (Lipinski definition) is 4. The van der Waals surface area contributed by atoms with E-state index in [2.05, 4.69) is 10.1 Å². The van der Waals surface area contributed by atoms with Gasteiger partial charge in [0.05, 0.1) is 18.1 Å². The Hall–Kier alpha value is -3.75. The number of aryl methyl sites for hydroxylation is 1. The van der Waals surface area contributed by atoms with E-state index in [1.54, 1.807) is 62.4 Å². The van der Waals surface area contributed by atoms with Crippen molar-refractivity contribution < 1.29 is 9.18 Å². The average molecular weight is 434 g/mol. The molecule has 0 saturated carbocycles. The first-order valence-corrected chi connectivity index (χ1v) is 10.6. The second kappa shape index (κ2) is 8.07. The summed E-state index contributed by atoms with van der Waals surface area (Å²) in [5.74, 6) is -0.437. The molecular weight excluding hydrogens is 411 g/mol. The van der Waals surface area contributed by atoms with Gasteiger partial charge in [-0.25, -0.2) is 14.2 Å². The fourth-order valence-electron chi connectivity index (χ4n) is 4.50. The van der Waals surface area contributed by atoms with Crippen molar-refractivity contribution in [1.29, 1.82) is 0 Å². The molecule has 1 fully saturated rings. The lowest BCUT2D eigenvalue weighted by Gasteiger charge is -2.33. The highest BCUT2D eigenvalue weighted by molar-refractivity contribution is 5.92. The number of carbonyl (C=O) groups excluding carboxylic acids is 1. The molecular formula is C23H23FN6O2. The summed E-state index contributed by atoms with van der Waals surface area (Å²) in [6.45, 7) is 1.29. The molecule has 5 rings (SSSR count). The van der Waals surface area contributed by atoms with Crippen molar-refractivity contribution in [3.63, 3.8) is 0 Å². The Labute approximate surface area is 183 Å². The number of likely N-dealkylation sites (tertiary alicyclic amines) is 1. The third kappa shape index (κ3) is 3.49. The highest BCUT2D eigenvalue weighted by Gasteiger charge is 2.30. The summed E-state index contributed by atoms with van der Waals surface area (Å²) in [7, 11) is 1.74. The van der Waals surface area contributed by atoms with Crippen LogP contribution in [-0.4, -0.2) is 47.8 Å². The fraction of sp³-hybridized carbons (Fsp3) is 0.304. The molecule has 1 aromatic carbocycles. The Kier molecular flexibility index (Phi) is 5.08. The lowest BCUT2D eigenvalue weighted by atomic mass is 10.0. The van der Waals surface area contributed by atoms with Crippen molar-refractivity contribution in [3.8, 4) is 0 Å². The predicted molar refractivity (Wildman–Crippen MR) is 117 cm³/mol. The van der Waals surface area contributed by atoms with Gasteiger partial charge in [-0.3, -0.25) is 18.6 Å². The minimum absolute atomic E-state index is 0.0980. The number of carbonyl (C=O) groups is 1. The van der Waals surface area contributed by atoms with Gasteiger partial charge in [0.25, 0.3) is 5.91 Å². The Morgan fingerprint density at radius 1 is 1.19 bits per heavy atom. The molecule has 3 aromatic heterocycles. The van der Waals surface area contributed by atoms with E-state index in [-0.39, 0.29) is 30.0 Å². The quantitative estimate of drug-likeness (QED) is 0.495. The van der Waals surface area contributed by atoms with Crippen LogP contribution in [0.2, 0.25) is 0 Å². The first-order valence-electron chi connectivity index (χ1n) is 10.6. The summed E-state index contributed by atoms with van der Waals surface area (Å²) in [6.07, 6.45) is 4.81. The van der Waals surface area contributed by atoms with Crippen molar-refractivity contribution in [3.05, 3.63) is 82.4 Å². The summed E-state index contributed by atoms with van der Waals surface area (Å²) in [4.78, 5) is 32.8. The van der Waals surface area contributed by atoms with Crippen LogP contribution in [0, 0.1) is 5.82 Å². The molecule has 4 heterocycles. The summed E-state index contributed by atoms with van der Waals surface area (Å²) < 4.78 is 18.6. The number of amides is 1. The van der Waals surface area contributed by atoms with Crippen LogP contribution in [0.5, 0.6) is 0 Å². The number of aromatic nitrogens is 5. The van der Waals surface area contributed by atoms with Crippen LogP contribution >= 0.6 is 0 Å². The Morgan fingerprint density at radius 3 is 2.84 bits per heavy atom. The van der Waals surface area contributed by atoms with E-state index >= 15 is 0 Å². The van der Waals surface area contributed by atoms with Crippen LogP contribution in [0.1, 0.15) is 34.9 Å². The van der Waals surface area contributed by atoms with E-state index < -0.39 is 0 Å². The number of benzene rings is 1. The lowest BCUT2D eigenvalue weighted by molar-refractivity contribution is 0.0668. The van der Waals surface area contributed by atoms with Gasteiger partial charge in [0, 0.05) is 32.5 Å². The van der Waals surface area contributed by atoms with Crippen molar-refractivity contribution in [1.82, 2.24) is 28.8 Å². The fourth-order valence-corrected chi connectivity index (χ4v) is 4.50. The first-order chi connectivity index (χ1) is 15.5. The number of imidazole rings is 1. The van der Waals surface area contributed by atoms with Gasteiger partial charge in [-0.05, 0) is 48.7 Å². The second-order valence-electron chi connectivity index (χ2n) is 8.10. The van der Waals surface area contributed by atoms with Crippen molar-refractivity contribution in [2.45, 2.75) is 25.4 Å². The van der Waals surface area contributed by atoms with E-state index in [0.29, 0.717) is 35.5 Å². The molecule has 9 heteroatoms. The van der Waals surface area contributed by atoms with Crippen LogP contribution in [0.25, 0.3) is 11.2 Å². The van der Waals surface area contributed by atoms with Gasteiger partial charge in [-0.1, -0.05) is 12.1 Å². The summed E-state index contributed by atoms with van der Waals surface area (Å²) in [5.41, 5.74) is 2.28. The number of halogens is 1. The molecule has 1 aliphatic heterocycles. The monoisotopic (exact) mass is 434 g/mol. The largest absolute Gasteiger partial charge is 0.335 e. The molecule has 1 saturated heterocycles. The number of fused-ring (bicyclic) bond motifs is 1. The zero-order chi connectivity index (χ0) is 22.2. The molecule has 4 aromatic rings. The van der Waals surface area contributed by atoms with Gasteiger partial charge < -0.3 is 4.90 Å². The molecule has 1 atom stereocenters. The molecule has 0 spiro atoms. The Balaban J connectivity index is 1.51. The maximum absolute atomic E-state index is 13.7. The van der Waals surface area contributed by atoms with Crippen molar-refractivity contribution in [2.75, 3.05) is 13.1 Å². The third-order valence-electron chi connectivity index (χ3n) is 6.04. The van der Waals surface area contributed by atoms with Crippen LogP contribution in [0.4, 0.5) is 4.39 Å². The van der Waals surface area contributed by atoms with Gasteiger partial charge in [0.15, 0.2) is 5.65 Å². The SMILES string of the molecule is Cn1nccc1C(=O)N1CCC[C@H](n2c(=O)n(Cc3cccc(F)c3)c3cccnc32)C1. The zero-order valence-corrected chi connectivity index (χ0v) is 17.7. The van der Waals surface area contributed by atoms with Gasteiger partial charge in [0.2, 0.25) is 0 Å². The van der Waals surface area contributed by atoms with E-state index in [0.717, 1.165) is 12.8 Å². The average Bonchev–Trinajstić information content (AvgIpc) is 3.34. The highest BCUT2D eigenvalue weighted by atomic mass is 19.1. The number of nitrogens with zero attached hydrogens (tertiary/aromatic N) is 6. The second-order valence-corrected chi connectivity index (χ2v) is 8.10. The van der Waals surface area contributed by atoms with Gasteiger partial charge in [0.1, 0.15) is 11.5 Å². The van der Waals surface area contributed by atoms with Gasteiger partial charge in [-0.2, -0.15) is 5.10 Å². The Bertz CT molecular complexity index is 1350. The summed E-state index contributed by atoms with van der Waals surface area (Å²) in [6, 6.07) is 11.4. The smallest absolute Gasteiger partial charge is 0.330 e. The molecule has 8 nitrogen and oxygen atoms in total. The molecule has 0 radical (unpaired) electrons. The highest BCUT2D eigenvalue weighted by Crippen LogP contribution is 2.25.